The number of rotatable bonds is 3. The second-order valence-corrected chi connectivity index (χ2v) is 5.26. The molecule has 4 heteroatoms. The Labute approximate surface area is 97.9 Å². The molecule has 90 valence electrons. The summed E-state index contributed by atoms with van der Waals surface area (Å²) in [4.78, 5) is 9.00. The Kier molecular flexibility index (Phi) is 3.73. The minimum Gasteiger partial charge on any atom is -0.373 e. The highest BCUT2D eigenvalue weighted by atomic mass is 15.1. The SMILES string of the molecule is CNc1cc(NC(C)C)nc(C(C)(C)C)n1. The van der Waals surface area contributed by atoms with Crippen molar-refractivity contribution in [2.75, 3.05) is 17.7 Å². The van der Waals surface area contributed by atoms with Gasteiger partial charge in [-0.2, -0.15) is 0 Å². The Morgan fingerprint density at radius 2 is 1.69 bits per heavy atom. The molecular weight excluding hydrogens is 200 g/mol. The smallest absolute Gasteiger partial charge is 0.138 e. The summed E-state index contributed by atoms with van der Waals surface area (Å²) in [6, 6.07) is 2.29. The molecule has 0 aromatic carbocycles. The van der Waals surface area contributed by atoms with Crippen LogP contribution in [0.25, 0.3) is 0 Å². The van der Waals surface area contributed by atoms with Crippen LogP contribution in [-0.2, 0) is 5.41 Å². The lowest BCUT2D eigenvalue weighted by atomic mass is 9.96. The second-order valence-electron chi connectivity index (χ2n) is 5.26. The first-order chi connectivity index (χ1) is 7.32. The molecule has 0 radical (unpaired) electrons. The maximum absolute atomic E-state index is 4.53. The minimum atomic E-state index is -0.0414. The first kappa shape index (κ1) is 12.7. The van der Waals surface area contributed by atoms with E-state index in [9.17, 15) is 0 Å². The molecule has 2 N–H and O–H groups in total. The first-order valence-electron chi connectivity index (χ1n) is 5.67. The number of nitrogens with one attached hydrogen (secondary N) is 2. The lowest BCUT2D eigenvalue weighted by Gasteiger charge is -2.19. The van der Waals surface area contributed by atoms with E-state index in [0.717, 1.165) is 17.5 Å². The number of nitrogens with zero attached hydrogens (tertiary/aromatic N) is 2. The summed E-state index contributed by atoms with van der Waals surface area (Å²) in [5.41, 5.74) is -0.0414. The summed E-state index contributed by atoms with van der Waals surface area (Å²) in [7, 11) is 1.87. The summed E-state index contributed by atoms with van der Waals surface area (Å²) < 4.78 is 0. The van der Waals surface area contributed by atoms with Gasteiger partial charge in [-0.05, 0) is 13.8 Å². The molecule has 0 aliphatic carbocycles. The fourth-order valence-corrected chi connectivity index (χ4v) is 1.28. The van der Waals surface area contributed by atoms with Crippen molar-refractivity contribution in [1.82, 2.24) is 9.97 Å². The van der Waals surface area contributed by atoms with E-state index in [4.69, 9.17) is 0 Å². The fraction of sp³-hybridized carbons (Fsp3) is 0.667. The van der Waals surface area contributed by atoms with Gasteiger partial charge in [0.15, 0.2) is 0 Å². The van der Waals surface area contributed by atoms with Gasteiger partial charge >= 0.3 is 0 Å². The van der Waals surface area contributed by atoms with E-state index in [2.05, 4.69) is 55.2 Å². The van der Waals surface area contributed by atoms with Gasteiger partial charge in [-0.1, -0.05) is 20.8 Å². The summed E-state index contributed by atoms with van der Waals surface area (Å²) in [6.45, 7) is 10.5. The highest BCUT2D eigenvalue weighted by molar-refractivity contribution is 5.48. The predicted octanol–water partition coefficient (Wildman–Crippen LogP) is 2.64. The molecule has 1 rings (SSSR count). The van der Waals surface area contributed by atoms with Crippen LogP contribution in [0.5, 0.6) is 0 Å². The van der Waals surface area contributed by atoms with Crippen molar-refractivity contribution in [1.29, 1.82) is 0 Å². The molecule has 0 amide bonds. The summed E-state index contributed by atoms with van der Waals surface area (Å²) >= 11 is 0. The van der Waals surface area contributed by atoms with Gasteiger partial charge in [-0.15, -0.1) is 0 Å². The van der Waals surface area contributed by atoms with Crippen LogP contribution < -0.4 is 10.6 Å². The van der Waals surface area contributed by atoms with Crippen LogP contribution >= 0.6 is 0 Å². The van der Waals surface area contributed by atoms with Crippen molar-refractivity contribution in [3.8, 4) is 0 Å². The zero-order valence-electron chi connectivity index (χ0n) is 11.0. The Bertz CT molecular complexity index is 353. The fourth-order valence-electron chi connectivity index (χ4n) is 1.28. The highest BCUT2D eigenvalue weighted by Crippen LogP contribution is 2.22. The number of hydrogen-bond donors (Lipinski definition) is 2. The van der Waals surface area contributed by atoms with Crippen LogP contribution in [0.1, 0.15) is 40.4 Å². The van der Waals surface area contributed by atoms with Crippen molar-refractivity contribution < 1.29 is 0 Å². The molecule has 0 saturated heterocycles. The standard InChI is InChI=1S/C12H22N4/c1-8(2)14-10-7-9(13-6)15-11(16-10)12(3,4)5/h7-8H,1-6H3,(H2,13,14,15,16). The molecule has 0 aliphatic heterocycles. The van der Waals surface area contributed by atoms with E-state index in [1.165, 1.54) is 0 Å². The van der Waals surface area contributed by atoms with Gasteiger partial charge in [0.05, 0.1) is 0 Å². The molecule has 0 atom stereocenters. The van der Waals surface area contributed by atoms with E-state index in [0.29, 0.717) is 6.04 Å². The van der Waals surface area contributed by atoms with Crippen molar-refractivity contribution in [3.05, 3.63) is 11.9 Å². The molecule has 0 bridgehead atoms. The Morgan fingerprint density at radius 1 is 1.12 bits per heavy atom. The van der Waals surface area contributed by atoms with E-state index in [1.54, 1.807) is 0 Å². The van der Waals surface area contributed by atoms with E-state index in [1.807, 2.05) is 13.1 Å². The monoisotopic (exact) mass is 222 g/mol. The Hall–Kier alpha value is -1.32. The van der Waals surface area contributed by atoms with Gasteiger partial charge in [0.2, 0.25) is 0 Å². The van der Waals surface area contributed by atoms with Gasteiger partial charge in [0.25, 0.3) is 0 Å². The predicted molar refractivity (Wildman–Crippen MR) is 69.0 cm³/mol. The second kappa shape index (κ2) is 4.68. The van der Waals surface area contributed by atoms with Gasteiger partial charge < -0.3 is 10.6 Å². The third-order valence-electron chi connectivity index (χ3n) is 2.09. The van der Waals surface area contributed by atoms with Crippen LogP contribution in [0, 0.1) is 0 Å². The zero-order chi connectivity index (χ0) is 12.3. The summed E-state index contributed by atoms with van der Waals surface area (Å²) in [5, 5.41) is 6.36. The van der Waals surface area contributed by atoms with E-state index >= 15 is 0 Å². The number of hydrogen-bond acceptors (Lipinski definition) is 4. The van der Waals surface area contributed by atoms with E-state index < -0.39 is 0 Å². The minimum absolute atomic E-state index is 0.0414. The first-order valence-corrected chi connectivity index (χ1v) is 5.67. The van der Waals surface area contributed by atoms with Crippen molar-refractivity contribution in [3.63, 3.8) is 0 Å². The molecule has 0 spiro atoms. The van der Waals surface area contributed by atoms with Crippen molar-refractivity contribution >= 4 is 11.6 Å². The third kappa shape index (κ3) is 3.36. The van der Waals surface area contributed by atoms with Crippen LogP contribution in [0.15, 0.2) is 6.07 Å². The van der Waals surface area contributed by atoms with Crippen LogP contribution in [0.2, 0.25) is 0 Å². The maximum atomic E-state index is 4.53. The summed E-state index contributed by atoms with van der Waals surface area (Å²) in [5.74, 6) is 2.57. The topological polar surface area (TPSA) is 49.8 Å². The quantitative estimate of drug-likeness (QED) is 0.825. The van der Waals surface area contributed by atoms with Crippen LogP contribution in [-0.4, -0.2) is 23.1 Å². The molecule has 1 heterocycles. The van der Waals surface area contributed by atoms with E-state index in [-0.39, 0.29) is 5.41 Å². The van der Waals surface area contributed by atoms with Crippen LogP contribution in [0.3, 0.4) is 0 Å². The van der Waals surface area contributed by atoms with Gasteiger partial charge in [-0.25, -0.2) is 9.97 Å². The third-order valence-corrected chi connectivity index (χ3v) is 2.09. The molecule has 1 aromatic rings. The summed E-state index contributed by atoms with van der Waals surface area (Å²) in [6.07, 6.45) is 0. The molecule has 16 heavy (non-hydrogen) atoms. The molecule has 4 nitrogen and oxygen atoms in total. The lowest BCUT2D eigenvalue weighted by molar-refractivity contribution is 0.546. The molecule has 0 aliphatic rings. The Morgan fingerprint density at radius 3 is 2.12 bits per heavy atom. The average Bonchev–Trinajstić information content (AvgIpc) is 2.14. The molecule has 0 unspecified atom stereocenters. The maximum Gasteiger partial charge on any atom is 0.138 e. The zero-order valence-corrected chi connectivity index (χ0v) is 11.0. The number of aromatic nitrogens is 2. The molecule has 1 aromatic heterocycles. The lowest BCUT2D eigenvalue weighted by Crippen LogP contribution is -2.19. The van der Waals surface area contributed by atoms with Crippen molar-refractivity contribution in [2.24, 2.45) is 0 Å². The molecular formula is C12H22N4. The largest absolute Gasteiger partial charge is 0.373 e. The van der Waals surface area contributed by atoms with Crippen molar-refractivity contribution in [2.45, 2.75) is 46.1 Å². The average molecular weight is 222 g/mol. The molecule has 0 saturated carbocycles. The highest BCUT2D eigenvalue weighted by Gasteiger charge is 2.19. The molecule has 0 fully saturated rings. The Balaban J connectivity index is 3.11. The van der Waals surface area contributed by atoms with Crippen LogP contribution in [0.4, 0.5) is 11.6 Å². The van der Waals surface area contributed by atoms with Gasteiger partial charge in [-0.3, -0.25) is 0 Å². The van der Waals surface area contributed by atoms with Gasteiger partial charge in [0.1, 0.15) is 17.5 Å². The normalized spacial score (nSPS) is 11.7. The number of anilines is 2. The van der Waals surface area contributed by atoms with Gasteiger partial charge in [0, 0.05) is 24.6 Å².